The summed E-state index contributed by atoms with van der Waals surface area (Å²) in [4.78, 5) is 21.8. The van der Waals surface area contributed by atoms with Gasteiger partial charge in [-0.05, 0) is 25.3 Å². The summed E-state index contributed by atoms with van der Waals surface area (Å²) in [7, 11) is 0. The summed E-state index contributed by atoms with van der Waals surface area (Å²) in [6.07, 6.45) is 0. The molecular weight excluding hydrogens is 284 g/mol. The molecule has 0 aliphatic carbocycles. The number of hydrogen-bond donors (Lipinski definition) is 2. The maximum Gasteiger partial charge on any atom is 0.276 e. The Balaban J connectivity index is 1.94. The molecule has 3 aromatic rings. The number of carbonyl (C=O) groups excluding carboxylic acids is 1. The quantitative estimate of drug-likeness (QED) is 0.761. The minimum absolute atomic E-state index is 0.289. The summed E-state index contributed by atoms with van der Waals surface area (Å²) in [5.41, 5.74) is 7.12. The van der Waals surface area contributed by atoms with Crippen molar-refractivity contribution in [1.29, 1.82) is 0 Å². The maximum atomic E-state index is 12.3. The Morgan fingerprint density at radius 2 is 2.00 bits per heavy atom. The number of fused-ring (bicyclic) bond motifs is 1. The lowest BCUT2D eigenvalue weighted by molar-refractivity contribution is 0.102. The maximum absolute atomic E-state index is 12.3. The number of nitrogens with zero attached hydrogens (tertiary/aromatic N) is 2. The number of amides is 1. The lowest BCUT2D eigenvalue weighted by Gasteiger charge is -2.05. The summed E-state index contributed by atoms with van der Waals surface area (Å²) < 4.78 is 0. The first-order valence-corrected chi connectivity index (χ1v) is 7.27. The third-order valence-corrected chi connectivity index (χ3v) is 4.24. The first-order chi connectivity index (χ1) is 10.0. The van der Waals surface area contributed by atoms with E-state index >= 15 is 0 Å². The smallest absolute Gasteiger partial charge is 0.276 e. The summed E-state index contributed by atoms with van der Waals surface area (Å²) in [5.74, 6) is 0.0472. The molecule has 1 amide bonds. The third kappa shape index (κ3) is 2.57. The van der Waals surface area contributed by atoms with Gasteiger partial charge in [-0.1, -0.05) is 24.3 Å². The highest BCUT2D eigenvalue weighted by molar-refractivity contribution is 7.15. The van der Waals surface area contributed by atoms with Crippen molar-refractivity contribution in [3.05, 3.63) is 46.6 Å². The van der Waals surface area contributed by atoms with E-state index in [1.165, 1.54) is 11.3 Å². The molecule has 106 valence electrons. The molecule has 6 heteroatoms. The molecule has 0 radical (unpaired) electrons. The van der Waals surface area contributed by atoms with Crippen molar-refractivity contribution in [2.24, 2.45) is 0 Å². The number of nitrogens with two attached hydrogens (primary N) is 1. The van der Waals surface area contributed by atoms with Crippen LogP contribution in [0, 0.1) is 13.8 Å². The fraction of sp³-hybridized carbons (Fsp3) is 0.133. The number of nitrogens with one attached hydrogen (secondary N) is 1. The van der Waals surface area contributed by atoms with Crippen LogP contribution in [0.5, 0.6) is 0 Å². The molecule has 21 heavy (non-hydrogen) atoms. The van der Waals surface area contributed by atoms with E-state index in [0.717, 1.165) is 21.3 Å². The highest BCUT2D eigenvalue weighted by atomic mass is 32.1. The third-order valence-electron chi connectivity index (χ3n) is 3.25. The average molecular weight is 298 g/mol. The first kappa shape index (κ1) is 13.5. The summed E-state index contributed by atoms with van der Waals surface area (Å²) >= 11 is 1.44. The van der Waals surface area contributed by atoms with Crippen molar-refractivity contribution >= 4 is 39.0 Å². The second kappa shape index (κ2) is 5.14. The van der Waals surface area contributed by atoms with Crippen LogP contribution in [-0.4, -0.2) is 15.9 Å². The van der Waals surface area contributed by atoms with Crippen LogP contribution < -0.4 is 11.1 Å². The number of nitrogen functional groups attached to an aromatic ring is 1. The number of thiazole rings is 1. The SMILES string of the molecule is Cc1nc(NC(=O)c2cc3ccccc3c(N)n2)sc1C. The molecule has 2 heterocycles. The minimum atomic E-state index is -0.304. The largest absolute Gasteiger partial charge is 0.383 e. The Bertz CT molecular complexity index is 821. The number of benzene rings is 1. The molecule has 3 N–H and O–H groups in total. The molecule has 0 atom stereocenters. The Morgan fingerprint density at radius 1 is 1.24 bits per heavy atom. The molecule has 2 aromatic heterocycles. The van der Waals surface area contributed by atoms with Crippen molar-refractivity contribution in [2.45, 2.75) is 13.8 Å². The van der Waals surface area contributed by atoms with Crippen molar-refractivity contribution in [3.8, 4) is 0 Å². The van der Waals surface area contributed by atoms with E-state index < -0.39 is 0 Å². The van der Waals surface area contributed by atoms with Gasteiger partial charge in [0.25, 0.3) is 5.91 Å². The van der Waals surface area contributed by atoms with Gasteiger partial charge in [-0.2, -0.15) is 0 Å². The van der Waals surface area contributed by atoms with Crippen molar-refractivity contribution in [2.75, 3.05) is 11.1 Å². The molecular formula is C15H14N4OS. The molecule has 1 aromatic carbocycles. The highest BCUT2D eigenvalue weighted by Crippen LogP contribution is 2.23. The van der Waals surface area contributed by atoms with Crippen LogP contribution in [0.15, 0.2) is 30.3 Å². The van der Waals surface area contributed by atoms with Gasteiger partial charge in [-0.25, -0.2) is 9.97 Å². The van der Waals surface area contributed by atoms with Gasteiger partial charge in [-0.3, -0.25) is 10.1 Å². The normalized spacial score (nSPS) is 10.8. The molecule has 5 nitrogen and oxygen atoms in total. The van der Waals surface area contributed by atoms with Gasteiger partial charge in [0.2, 0.25) is 0 Å². The Hall–Kier alpha value is -2.47. The fourth-order valence-electron chi connectivity index (χ4n) is 2.03. The number of aryl methyl sites for hydroxylation is 2. The van der Waals surface area contributed by atoms with Gasteiger partial charge in [0, 0.05) is 10.3 Å². The van der Waals surface area contributed by atoms with E-state index in [2.05, 4.69) is 15.3 Å². The highest BCUT2D eigenvalue weighted by Gasteiger charge is 2.13. The van der Waals surface area contributed by atoms with E-state index in [-0.39, 0.29) is 11.6 Å². The van der Waals surface area contributed by atoms with Crippen molar-refractivity contribution in [3.63, 3.8) is 0 Å². The molecule has 0 bridgehead atoms. The molecule has 3 rings (SSSR count). The average Bonchev–Trinajstić information content (AvgIpc) is 2.77. The summed E-state index contributed by atoms with van der Waals surface area (Å²) in [5, 5.41) is 5.07. The lowest BCUT2D eigenvalue weighted by Crippen LogP contribution is -2.14. The van der Waals surface area contributed by atoms with Gasteiger partial charge in [0.15, 0.2) is 5.13 Å². The van der Waals surface area contributed by atoms with Gasteiger partial charge in [0.05, 0.1) is 5.69 Å². The van der Waals surface area contributed by atoms with Crippen molar-refractivity contribution in [1.82, 2.24) is 9.97 Å². The Morgan fingerprint density at radius 3 is 2.71 bits per heavy atom. The van der Waals surface area contributed by atoms with Crippen LogP contribution in [0.25, 0.3) is 10.8 Å². The number of rotatable bonds is 2. The van der Waals surface area contributed by atoms with Crippen LogP contribution in [0.4, 0.5) is 10.9 Å². The molecule has 0 saturated heterocycles. The van der Waals surface area contributed by atoms with E-state index in [4.69, 9.17) is 5.73 Å². The van der Waals surface area contributed by atoms with Gasteiger partial charge < -0.3 is 5.73 Å². The van der Waals surface area contributed by atoms with E-state index in [9.17, 15) is 4.79 Å². The molecule has 0 aliphatic heterocycles. The van der Waals surface area contributed by atoms with E-state index in [1.54, 1.807) is 6.07 Å². The zero-order valence-electron chi connectivity index (χ0n) is 11.7. The standard InChI is InChI=1S/C15H14N4OS/c1-8-9(2)21-15(17-8)19-14(20)12-7-10-5-3-4-6-11(10)13(16)18-12/h3-7H,1-2H3,(H2,16,18)(H,17,19,20). The summed E-state index contributed by atoms with van der Waals surface area (Å²) in [6.45, 7) is 3.88. The molecule has 0 fully saturated rings. The predicted octanol–water partition coefficient (Wildman–Crippen LogP) is 3.14. The number of pyridine rings is 1. The Labute approximate surface area is 125 Å². The minimum Gasteiger partial charge on any atom is -0.383 e. The molecule has 0 aliphatic rings. The van der Waals surface area contributed by atoms with Crippen LogP contribution in [0.3, 0.4) is 0 Å². The summed E-state index contributed by atoms with van der Waals surface area (Å²) in [6, 6.07) is 9.31. The van der Waals surface area contributed by atoms with Gasteiger partial charge in [0.1, 0.15) is 11.5 Å². The second-order valence-electron chi connectivity index (χ2n) is 4.73. The van der Waals surface area contributed by atoms with Crippen LogP contribution in [-0.2, 0) is 0 Å². The predicted molar refractivity (Wildman–Crippen MR) is 85.7 cm³/mol. The fourth-order valence-corrected chi connectivity index (χ4v) is 2.84. The molecule has 0 spiro atoms. The molecule has 0 unspecified atom stereocenters. The van der Waals surface area contributed by atoms with Crippen LogP contribution in [0.2, 0.25) is 0 Å². The van der Waals surface area contributed by atoms with Crippen LogP contribution in [0.1, 0.15) is 21.1 Å². The monoisotopic (exact) mass is 298 g/mol. The number of anilines is 2. The lowest BCUT2D eigenvalue weighted by atomic mass is 10.1. The van der Waals surface area contributed by atoms with E-state index in [0.29, 0.717) is 10.9 Å². The van der Waals surface area contributed by atoms with Crippen LogP contribution >= 0.6 is 11.3 Å². The van der Waals surface area contributed by atoms with E-state index in [1.807, 2.05) is 38.1 Å². The van der Waals surface area contributed by atoms with Gasteiger partial charge >= 0.3 is 0 Å². The zero-order chi connectivity index (χ0) is 15.0. The number of hydrogen-bond acceptors (Lipinski definition) is 5. The number of aromatic nitrogens is 2. The first-order valence-electron chi connectivity index (χ1n) is 6.45. The molecule has 0 saturated carbocycles. The van der Waals surface area contributed by atoms with Crippen molar-refractivity contribution < 1.29 is 4.79 Å². The topological polar surface area (TPSA) is 80.9 Å². The van der Waals surface area contributed by atoms with Gasteiger partial charge in [-0.15, -0.1) is 11.3 Å². The Kier molecular flexibility index (Phi) is 3.31. The zero-order valence-corrected chi connectivity index (χ0v) is 12.5. The second-order valence-corrected chi connectivity index (χ2v) is 5.93. The number of carbonyl (C=O) groups is 1.